The fourth-order valence-corrected chi connectivity index (χ4v) is 3.20. The van der Waals surface area contributed by atoms with Gasteiger partial charge in [-0.25, -0.2) is 0 Å². The third kappa shape index (κ3) is 4.61. The van der Waals surface area contributed by atoms with Gasteiger partial charge in [-0.1, -0.05) is 24.3 Å². The molecule has 7 nitrogen and oxygen atoms in total. The van der Waals surface area contributed by atoms with Crippen LogP contribution in [-0.4, -0.2) is 43.4 Å². The summed E-state index contributed by atoms with van der Waals surface area (Å²) in [6, 6.07) is 14.6. The minimum atomic E-state index is -0.528. The van der Waals surface area contributed by atoms with Gasteiger partial charge in [0, 0.05) is 13.3 Å². The van der Waals surface area contributed by atoms with Gasteiger partial charge in [0.25, 0.3) is 5.91 Å². The van der Waals surface area contributed by atoms with Crippen LogP contribution < -0.4 is 14.8 Å². The van der Waals surface area contributed by atoms with Crippen molar-refractivity contribution in [3.63, 3.8) is 0 Å². The maximum atomic E-state index is 12.8. The summed E-state index contributed by atoms with van der Waals surface area (Å²) in [6.07, 6.45) is 0.551. The maximum absolute atomic E-state index is 12.8. The van der Waals surface area contributed by atoms with Crippen molar-refractivity contribution >= 4 is 11.9 Å². The number of benzene rings is 2. The molecule has 1 aliphatic heterocycles. The van der Waals surface area contributed by atoms with Crippen LogP contribution in [0.2, 0.25) is 0 Å². The molecule has 0 spiro atoms. The number of nitrogens with one attached hydrogen (secondary N) is 1. The second-order valence-corrected chi connectivity index (χ2v) is 6.59. The molecular formula is C21H24N2O5. The van der Waals surface area contributed by atoms with Crippen molar-refractivity contribution < 1.29 is 23.9 Å². The zero-order valence-corrected chi connectivity index (χ0v) is 16.2. The van der Waals surface area contributed by atoms with E-state index in [4.69, 9.17) is 14.3 Å². The quantitative estimate of drug-likeness (QED) is 0.788. The van der Waals surface area contributed by atoms with E-state index in [9.17, 15) is 9.59 Å². The Bertz CT molecular complexity index is 820. The first-order chi connectivity index (χ1) is 13.5. The van der Waals surface area contributed by atoms with Gasteiger partial charge >= 0.3 is 5.97 Å². The van der Waals surface area contributed by atoms with Crippen molar-refractivity contribution in [2.24, 2.45) is 0 Å². The Labute approximate surface area is 164 Å². The number of rotatable bonds is 7. The van der Waals surface area contributed by atoms with Crippen molar-refractivity contribution in [1.82, 2.24) is 10.4 Å². The number of hydrogen-bond donors (Lipinski definition) is 1. The third-order valence-electron chi connectivity index (χ3n) is 4.61. The molecule has 0 saturated carbocycles. The highest BCUT2D eigenvalue weighted by Crippen LogP contribution is 2.21. The molecule has 0 aromatic heterocycles. The Balaban J connectivity index is 1.73. The molecule has 1 heterocycles. The highest BCUT2D eigenvalue weighted by atomic mass is 16.7. The van der Waals surface area contributed by atoms with Gasteiger partial charge in [-0.3, -0.25) is 14.9 Å². The molecule has 0 bridgehead atoms. The Kier molecular flexibility index (Phi) is 6.16. The summed E-state index contributed by atoms with van der Waals surface area (Å²) >= 11 is 0. The second-order valence-electron chi connectivity index (χ2n) is 6.59. The molecule has 2 aromatic carbocycles. The van der Waals surface area contributed by atoms with Gasteiger partial charge < -0.3 is 14.3 Å². The molecule has 2 atom stereocenters. The van der Waals surface area contributed by atoms with Crippen molar-refractivity contribution in [2.45, 2.75) is 32.0 Å². The zero-order valence-electron chi connectivity index (χ0n) is 16.2. The van der Waals surface area contributed by atoms with Gasteiger partial charge in [-0.15, -0.1) is 0 Å². The predicted octanol–water partition coefficient (Wildman–Crippen LogP) is 2.09. The molecule has 1 N–H and O–H groups in total. The first-order valence-corrected chi connectivity index (χ1v) is 9.03. The fourth-order valence-electron chi connectivity index (χ4n) is 3.20. The number of methoxy groups -OCH3 is 2. The van der Waals surface area contributed by atoms with E-state index in [2.05, 4.69) is 5.32 Å². The average Bonchev–Trinajstić information content (AvgIpc) is 2.97. The van der Waals surface area contributed by atoms with Crippen LogP contribution in [0.5, 0.6) is 11.5 Å². The summed E-state index contributed by atoms with van der Waals surface area (Å²) in [5.74, 6) is 0.728. The van der Waals surface area contributed by atoms with Crippen LogP contribution in [0.15, 0.2) is 48.5 Å². The number of hydrogen-bond acceptors (Lipinski definition) is 6. The molecule has 0 radical (unpaired) electrons. The van der Waals surface area contributed by atoms with Crippen LogP contribution in [-0.2, 0) is 27.3 Å². The van der Waals surface area contributed by atoms with Crippen molar-refractivity contribution in [3.05, 3.63) is 59.7 Å². The highest BCUT2D eigenvalue weighted by molar-refractivity contribution is 5.85. The van der Waals surface area contributed by atoms with E-state index in [0.717, 1.165) is 27.7 Å². The highest BCUT2D eigenvalue weighted by Gasteiger charge is 2.41. The van der Waals surface area contributed by atoms with E-state index in [1.807, 2.05) is 48.5 Å². The number of carbonyl (C=O) groups is 2. The number of ether oxygens (including phenoxy) is 2. The summed E-state index contributed by atoms with van der Waals surface area (Å²) < 4.78 is 10.3. The molecular weight excluding hydrogens is 360 g/mol. The van der Waals surface area contributed by atoms with Crippen LogP contribution in [0.1, 0.15) is 18.1 Å². The summed E-state index contributed by atoms with van der Waals surface area (Å²) in [5.41, 5.74) is 1.98. The number of carbonyl (C=O) groups excluding carboxylic acids is 2. The normalized spacial score (nSPS) is 18.8. The lowest BCUT2D eigenvalue weighted by atomic mass is 10.1. The number of amides is 1. The van der Waals surface area contributed by atoms with Gasteiger partial charge in [0.1, 0.15) is 17.7 Å². The smallest absolute Gasteiger partial charge is 0.329 e. The topological polar surface area (TPSA) is 77.1 Å². The van der Waals surface area contributed by atoms with Crippen LogP contribution >= 0.6 is 0 Å². The van der Waals surface area contributed by atoms with E-state index in [-0.39, 0.29) is 5.91 Å². The fraction of sp³-hybridized carbons (Fsp3) is 0.333. The molecule has 28 heavy (non-hydrogen) atoms. The molecule has 0 unspecified atom stereocenters. The molecule has 1 amide bonds. The molecule has 0 aliphatic carbocycles. The minimum Gasteiger partial charge on any atom is -0.497 e. The zero-order chi connectivity index (χ0) is 20.1. The van der Waals surface area contributed by atoms with E-state index in [1.54, 1.807) is 14.2 Å². The third-order valence-corrected chi connectivity index (χ3v) is 4.61. The van der Waals surface area contributed by atoms with Crippen LogP contribution in [0.3, 0.4) is 0 Å². The SMILES string of the molecule is COc1ccc(C[C@@H]2N[C@@H](Cc3ccc(OC)cc3)N(OC(C)=O)C2=O)cc1. The van der Waals surface area contributed by atoms with Crippen LogP contribution in [0.4, 0.5) is 0 Å². The summed E-state index contributed by atoms with van der Waals surface area (Å²) in [7, 11) is 3.22. The second kappa shape index (κ2) is 8.75. The average molecular weight is 384 g/mol. The first-order valence-electron chi connectivity index (χ1n) is 9.03. The van der Waals surface area contributed by atoms with E-state index in [0.29, 0.717) is 12.8 Å². The molecule has 148 valence electrons. The summed E-state index contributed by atoms with van der Waals surface area (Å²) in [4.78, 5) is 29.5. The van der Waals surface area contributed by atoms with Gasteiger partial charge in [0.05, 0.1) is 20.3 Å². The Morgan fingerprint density at radius 1 is 0.929 bits per heavy atom. The Hall–Kier alpha value is -3.06. The lowest BCUT2D eigenvalue weighted by molar-refractivity contribution is -0.199. The monoisotopic (exact) mass is 384 g/mol. The van der Waals surface area contributed by atoms with Crippen molar-refractivity contribution in [1.29, 1.82) is 0 Å². The molecule has 3 rings (SSSR count). The predicted molar refractivity (Wildman–Crippen MR) is 103 cm³/mol. The Morgan fingerprint density at radius 2 is 1.43 bits per heavy atom. The van der Waals surface area contributed by atoms with Gasteiger partial charge in [-0.05, 0) is 41.8 Å². The minimum absolute atomic E-state index is 0.260. The molecule has 1 saturated heterocycles. The lowest BCUT2D eigenvalue weighted by Crippen LogP contribution is -2.40. The first kappa shape index (κ1) is 19.7. The van der Waals surface area contributed by atoms with Crippen molar-refractivity contribution in [3.8, 4) is 11.5 Å². The standard InChI is InChI=1S/C21H24N2O5/c1-14(24)28-23-20(13-16-6-10-18(27-3)11-7-16)22-19(21(23)25)12-15-4-8-17(26-2)9-5-15/h4-11,19-20,22H,12-13H2,1-3H3/t19-,20+/m0/s1. The molecule has 2 aromatic rings. The number of hydroxylamine groups is 2. The lowest BCUT2D eigenvalue weighted by Gasteiger charge is -2.21. The molecule has 7 heteroatoms. The maximum Gasteiger partial charge on any atom is 0.329 e. The largest absolute Gasteiger partial charge is 0.497 e. The summed E-state index contributed by atoms with van der Waals surface area (Å²) in [5, 5.41) is 4.44. The number of nitrogens with zero attached hydrogens (tertiary/aromatic N) is 1. The Morgan fingerprint density at radius 3 is 1.89 bits per heavy atom. The van der Waals surface area contributed by atoms with Gasteiger partial charge in [0.15, 0.2) is 0 Å². The van der Waals surface area contributed by atoms with Crippen LogP contribution in [0, 0.1) is 0 Å². The van der Waals surface area contributed by atoms with E-state index >= 15 is 0 Å². The van der Waals surface area contributed by atoms with E-state index in [1.165, 1.54) is 6.92 Å². The van der Waals surface area contributed by atoms with Gasteiger partial charge in [-0.2, -0.15) is 5.06 Å². The molecule has 1 aliphatic rings. The van der Waals surface area contributed by atoms with E-state index < -0.39 is 18.2 Å². The van der Waals surface area contributed by atoms with Gasteiger partial charge in [0.2, 0.25) is 0 Å². The summed E-state index contributed by atoms with van der Waals surface area (Å²) in [6.45, 7) is 1.29. The van der Waals surface area contributed by atoms with Crippen molar-refractivity contribution in [2.75, 3.05) is 14.2 Å². The van der Waals surface area contributed by atoms with Crippen LogP contribution in [0.25, 0.3) is 0 Å². The molecule has 1 fully saturated rings.